The number of piperidine rings is 1. The normalized spacial score (nSPS) is 22.5. The van der Waals surface area contributed by atoms with Crippen LogP contribution in [0.3, 0.4) is 0 Å². The number of rotatable bonds is 2. The first-order valence-corrected chi connectivity index (χ1v) is 11.1. The lowest BCUT2D eigenvalue weighted by atomic mass is 9.74. The van der Waals surface area contributed by atoms with Crippen LogP contribution in [0.1, 0.15) is 48.9 Å². The highest BCUT2D eigenvalue weighted by molar-refractivity contribution is 6.44. The van der Waals surface area contributed by atoms with E-state index < -0.39 is 0 Å². The summed E-state index contributed by atoms with van der Waals surface area (Å²) in [5, 5.41) is 0.491. The molecule has 4 heterocycles. The minimum Gasteiger partial charge on any atom is -0.342 e. The molecule has 1 aliphatic carbocycles. The fraction of sp³-hybridized carbons (Fsp3) is 0.524. The van der Waals surface area contributed by atoms with Crippen molar-refractivity contribution < 1.29 is 0 Å². The molecule has 7 nitrogen and oxygen atoms in total. The van der Waals surface area contributed by atoms with E-state index in [4.69, 9.17) is 33.9 Å². The lowest BCUT2D eigenvalue weighted by molar-refractivity contribution is 0.196. The van der Waals surface area contributed by atoms with Crippen LogP contribution in [-0.2, 0) is 13.6 Å². The Bertz CT molecular complexity index is 1100. The van der Waals surface area contributed by atoms with Crippen LogP contribution in [0.25, 0.3) is 0 Å². The number of fused-ring (bicyclic) bond motifs is 1. The zero-order valence-electron chi connectivity index (χ0n) is 16.9. The van der Waals surface area contributed by atoms with E-state index in [1.165, 1.54) is 12.8 Å². The highest BCUT2D eigenvalue weighted by Crippen LogP contribution is 2.45. The van der Waals surface area contributed by atoms with Crippen LogP contribution < -0.4 is 16.2 Å². The molecule has 2 aliphatic heterocycles. The van der Waals surface area contributed by atoms with Crippen LogP contribution >= 0.6 is 23.2 Å². The van der Waals surface area contributed by atoms with Gasteiger partial charge in [-0.15, -0.1) is 0 Å². The van der Waals surface area contributed by atoms with Crippen LogP contribution in [0.15, 0.2) is 22.1 Å². The number of halogens is 2. The molecule has 2 aromatic heterocycles. The summed E-state index contributed by atoms with van der Waals surface area (Å²) in [5.41, 5.74) is 8.89. The third-order valence-corrected chi connectivity index (χ3v) is 7.85. The van der Waals surface area contributed by atoms with Crippen molar-refractivity contribution in [1.82, 2.24) is 14.5 Å². The predicted molar refractivity (Wildman–Crippen MR) is 119 cm³/mol. The SMILES string of the molecule is Cn1c(N2CCC3(CCC[C@H]3N)CC2)nc2c(c1=O)C(c1ccnc(Cl)c1Cl)=NC2. The first-order valence-electron chi connectivity index (χ1n) is 10.4. The lowest BCUT2D eigenvalue weighted by Crippen LogP contribution is -2.48. The van der Waals surface area contributed by atoms with Gasteiger partial charge in [-0.2, -0.15) is 0 Å². The first kappa shape index (κ1) is 20.0. The van der Waals surface area contributed by atoms with Crippen LogP contribution in [-0.4, -0.2) is 39.4 Å². The van der Waals surface area contributed by atoms with Crippen molar-refractivity contribution in [3.05, 3.63) is 49.6 Å². The summed E-state index contributed by atoms with van der Waals surface area (Å²) in [6, 6.07) is 2.02. The van der Waals surface area contributed by atoms with Gasteiger partial charge in [-0.3, -0.25) is 14.4 Å². The Hall–Kier alpha value is -1.96. The van der Waals surface area contributed by atoms with E-state index in [0.717, 1.165) is 32.4 Å². The smallest absolute Gasteiger partial charge is 0.264 e. The summed E-state index contributed by atoms with van der Waals surface area (Å²) in [7, 11) is 1.77. The molecule has 5 rings (SSSR count). The fourth-order valence-electron chi connectivity index (χ4n) is 5.26. The third kappa shape index (κ3) is 2.98. The molecule has 2 N–H and O–H groups in total. The van der Waals surface area contributed by atoms with Gasteiger partial charge in [-0.05, 0) is 37.2 Å². The summed E-state index contributed by atoms with van der Waals surface area (Å²) < 4.78 is 1.63. The molecule has 0 amide bonds. The summed E-state index contributed by atoms with van der Waals surface area (Å²) in [4.78, 5) is 28.9. The minimum atomic E-state index is -0.117. The van der Waals surface area contributed by atoms with Gasteiger partial charge in [-0.1, -0.05) is 29.6 Å². The number of anilines is 1. The Morgan fingerprint density at radius 1 is 1.23 bits per heavy atom. The molecule has 1 spiro atoms. The van der Waals surface area contributed by atoms with E-state index in [1.54, 1.807) is 23.9 Å². The Kier molecular flexibility index (Phi) is 4.87. The molecular weight excluding hydrogens is 423 g/mol. The topological polar surface area (TPSA) is 89.4 Å². The number of pyridine rings is 1. The monoisotopic (exact) mass is 446 g/mol. The number of hydrogen-bond donors (Lipinski definition) is 1. The van der Waals surface area contributed by atoms with E-state index in [-0.39, 0.29) is 16.1 Å². The van der Waals surface area contributed by atoms with E-state index >= 15 is 0 Å². The molecule has 1 saturated carbocycles. The van der Waals surface area contributed by atoms with E-state index in [2.05, 4.69) is 14.9 Å². The predicted octanol–water partition coefficient (Wildman–Crippen LogP) is 2.93. The van der Waals surface area contributed by atoms with Crippen molar-refractivity contribution in [2.75, 3.05) is 18.0 Å². The van der Waals surface area contributed by atoms with Gasteiger partial charge >= 0.3 is 0 Å². The van der Waals surface area contributed by atoms with Crippen LogP contribution in [0, 0.1) is 5.41 Å². The summed E-state index contributed by atoms with van der Waals surface area (Å²) >= 11 is 12.4. The second-order valence-electron chi connectivity index (χ2n) is 8.57. The highest BCUT2D eigenvalue weighted by atomic mass is 35.5. The molecule has 3 aliphatic rings. The first-order chi connectivity index (χ1) is 14.4. The molecule has 0 bridgehead atoms. The number of aromatic nitrogens is 3. The molecule has 1 saturated heterocycles. The molecule has 0 radical (unpaired) electrons. The minimum absolute atomic E-state index is 0.117. The quantitative estimate of drug-likeness (QED) is 0.716. The van der Waals surface area contributed by atoms with Crippen molar-refractivity contribution in [2.24, 2.45) is 23.2 Å². The van der Waals surface area contributed by atoms with Crippen LogP contribution in [0.2, 0.25) is 10.2 Å². The second-order valence-corrected chi connectivity index (χ2v) is 9.31. The number of aliphatic imine (C=N–C) groups is 1. The van der Waals surface area contributed by atoms with Gasteiger partial charge in [0.1, 0.15) is 5.15 Å². The van der Waals surface area contributed by atoms with E-state index in [0.29, 0.717) is 46.1 Å². The van der Waals surface area contributed by atoms with Gasteiger partial charge in [0, 0.05) is 37.9 Å². The summed E-state index contributed by atoms with van der Waals surface area (Å²) in [5.74, 6) is 0.704. The highest BCUT2D eigenvalue weighted by Gasteiger charge is 2.43. The van der Waals surface area contributed by atoms with Gasteiger partial charge in [0.15, 0.2) is 0 Å². The molecule has 0 aromatic carbocycles. The molecule has 2 aromatic rings. The second kappa shape index (κ2) is 7.32. The Morgan fingerprint density at radius 2 is 2.00 bits per heavy atom. The lowest BCUT2D eigenvalue weighted by Gasteiger charge is -2.42. The molecular formula is C21H24Cl2N6O. The average molecular weight is 447 g/mol. The van der Waals surface area contributed by atoms with E-state index in [9.17, 15) is 4.79 Å². The maximum atomic E-state index is 13.3. The zero-order valence-corrected chi connectivity index (χ0v) is 18.4. The number of hydrogen-bond acceptors (Lipinski definition) is 6. The van der Waals surface area contributed by atoms with Crippen LogP contribution in [0.5, 0.6) is 0 Å². The fourth-order valence-corrected chi connectivity index (χ4v) is 5.62. The largest absolute Gasteiger partial charge is 0.342 e. The Morgan fingerprint density at radius 3 is 2.70 bits per heavy atom. The molecule has 2 fully saturated rings. The zero-order chi connectivity index (χ0) is 21.0. The molecule has 1 atom stereocenters. The van der Waals surface area contributed by atoms with E-state index in [1.807, 2.05) is 0 Å². The van der Waals surface area contributed by atoms with Gasteiger partial charge in [0.05, 0.1) is 28.5 Å². The standard InChI is InChI=1S/C21H24Cl2N6O/c1-28-19(30)15-13(11-26-17(15)12-4-8-25-18(23)16(12)22)27-20(28)29-9-6-21(7-10-29)5-2-3-14(21)24/h4,8,14H,2-3,5-7,9-11,24H2,1H3/t14-/m1/s1. The Balaban J connectivity index is 1.47. The van der Waals surface area contributed by atoms with Gasteiger partial charge in [0.2, 0.25) is 5.95 Å². The Labute approximate surface area is 184 Å². The maximum absolute atomic E-state index is 13.3. The van der Waals surface area contributed by atoms with Crippen molar-refractivity contribution in [1.29, 1.82) is 0 Å². The number of nitrogens with zero attached hydrogens (tertiary/aromatic N) is 5. The van der Waals surface area contributed by atoms with Gasteiger partial charge in [0.25, 0.3) is 5.56 Å². The number of nitrogens with two attached hydrogens (primary N) is 1. The van der Waals surface area contributed by atoms with Crippen molar-refractivity contribution in [3.63, 3.8) is 0 Å². The van der Waals surface area contributed by atoms with Gasteiger partial charge < -0.3 is 10.6 Å². The summed E-state index contributed by atoms with van der Waals surface area (Å²) in [6.45, 7) is 2.09. The van der Waals surface area contributed by atoms with Gasteiger partial charge in [-0.25, -0.2) is 9.97 Å². The average Bonchev–Trinajstić information content (AvgIpc) is 3.32. The van der Waals surface area contributed by atoms with Crippen LogP contribution in [0.4, 0.5) is 5.95 Å². The molecule has 30 heavy (non-hydrogen) atoms. The van der Waals surface area contributed by atoms with Crippen molar-refractivity contribution >= 4 is 34.9 Å². The maximum Gasteiger partial charge on any atom is 0.264 e. The molecule has 9 heteroatoms. The third-order valence-electron chi connectivity index (χ3n) is 7.09. The summed E-state index contributed by atoms with van der Waals surface area (Å²) in [6.07, 6.45) is 7.22. The molecule has 158 valence electrons. The van der Waals surface area contributed by atoms with Crippen molar-refractivity contribution in [2.45, 2.75) is 44.7 Å². The van der Waals surface area contributed by atoms with Crippen molar-refractivity contribution in [3.8, 4) is 0 Å². The molecule has 0 unspecified atom stereocenters.